The molecule has 0 spiro atoms. The highest BCUT2D eigenvalue weighted by Crippen LogP contribution is 2.22. The van der Waals surface area contributed by atoms with E-state index in [2.05, 4.69) is 11.6 Å². The summed E-state index contributed by atoms with van der Waals surface area (Å²) in [7, 11) is -3.66. The van der Waals surface area contributed by atoms with Gasteiger partial charge in [0.05, 0.1) is 0 Å². The van der Waals surface area contributed by atoms with Crippen molar-refractivity contribution >= 4 is 33.4 Å². The summed E-state index contributed by atoms with van der Waals surface area (Å²) in [5.41, 5.74) is 6.18. The molecule has 7 heteroatoms. The smallest absolute Gasteiger partial charge is 0.274 e. The van der Waals surface area contributed by atoms with E-state index in [1.54, 1.807) is 12.1 Å². The van der Waals surface area contributed by atoms with Crippen LogP contribution in [-0.2, 0) is 10.0 Å². The van der Waals surface area contributed by atoms with Gasteiger partial charge in [0.25, 0.3) is 10.0 Å². The maximum absolute atomic E-state index is 12.3. The van der Waals surface area contributed by atoms with Crippen molar-refractivity contribution in [2.75, 3.05) is 6.54 Å². The summed E-state index contributed by atoms with van der Waals surface area (Å²) in [4.78, 5) is 0. The number of hydrogen-bond acceptors (Lipinski definition) is 4. The lowest BCUT2D eigenvalue weighted by molar-refractivity contribution is 0.461. The number of furan rings is 1. The van der Waals surface area contributed by atoms with E-state index in [0.29, 0.717) is 5.58 Å². The van der Waals surface area contributed by atoms with Crippen molar-refractivity contribution in [3.05, 3.63) is 30.3 Å². The normalized spacial score (nSPS) is 13.0. The second kappa shape index (κ2) is 7.79. The molecule has 1 aromatic carbocycles. The fourth-order valence-corrected chi connectivity index (χ4v) is 3.29. The van der Waals surface area contributed by atoms with Crippen molar-refractivity contribution in [2.24, 2.45) is 5.73 Å². The predicted octanol–water partition coefficient (Wildman–Crippen LogP) is 2.65. The molecule has 0 aliphatic carbocycles. The Kier molecular flexibility index (Phi) is 6.67. The molecule has 1 atom stereocenters. The van der Waals surface area contributed by atoms with Gasteiger partial charge in [-0.3, -0.25) is 0 Å². The second-order valence-corrected chi connectivity index (χ2v) is 6.44. The number of nitrogens with two attached hydrogens (primary N) is 1. The van der Waals surface area contributed by atoms with Gasteiger partial charge in [0.2, 0.25) is 5.09 Å². The summed E-state index contributed by atoms with van der Waals surface area (Å²) >= 11 is 0. The maximum Gasteiger partial charge on any atom is 0.274 e. The average molecular weight is 333 g/mol. The third kappa shape index (κ3) is 4.44. The minimum absolute atomic E-state index is 0. The van der Waals surface area contributed by atoms with Crippen LogP contribution in [0.3, 0.4) is 0 Å². The van der Waals surface area contributed by atoms with Gasteiger partial charge in [0.15, 0.2) is 0 Å². The summed E-state index contributed by atoms with van der Waals surface area (Å²) in [6.07, 6.45) is 2.67. The summed E-state index contributed by atoms with van der Waals surface area (Å²) in [5, 5.41) is 0.708. The molecule has 118 valence electrons. The zero-order valence-electron chi connectivity index (χ0n) is 11.9. The van der Waals surface area contributed by atoms with E-state index in [1.165, 1.54) is 6.07 Å². The Hall–Kier alpha value is -1.08. The number of sulfonamides is 1. The first-order valence-corrected chi connectivity index (χ1v) is 8.26. The van der Waals surface area contributed by atoms with Gasteiger partial charge in [-0.2, -0.15) is 0 Å². The third-order valence-electron chi connectivity index (χ3n) is 3.18. The largest absolute Gasteiger partial charge is 0.443 e. The molecule has 21 heavy (non-hydrogen) atoms. The Morgan fingerprint density at radius 1 is 1.33 bits per heavy atom. The van der Waals surface area contributed by atoms with Crippen LogP contribution in [0.1, 0.15) is 26.2 Å². The van der Waals surface area contributed by atoms with E-state index >= 15 is 0 Å². The Balaban J connectivity index is 0.00000220. The standard InChI is InChI=1S/C14H20N2O3S.ClH/c1-2-3-7-12(10-15)16-20(17,18)14-9-11-6-4-5-8-13(11)19-14;/h4-6,8-9,12,16H,2-3,7,10,15H2,1H3;1H. The van der Waals surface area contributed by atoms with Crippen molar-refractivity contribution in [3.8, 4) is 0 Å². The zero-order valence-corrected chi connectivity index (χ0v) is 13.5. The van der Waals surface area contributed by atoms with Gasteiger partial charge in [0.1, 0.15) is 5.58 Å². The van der Waals surface area contributed by atoms with Gasteiger partial charge in [0, 0.05) is 24.0 Å². The topological polar surface area (TPSA) is 85.3 Å². The van der Waals surface area contributed by atoms with E-state index in [0.717, 1.165) is 24.6 Å². The molecule has 0 aliphatic heterocycles. The molecule has 2 aromatic rings. The van der Waals surface area contributed by atoms with Crippen molar-refractivity contribution in [1.82, 2.24) is 4.72 Å². The zero-order chi connectivity index (χ0) is 14.6. The molecule has 0 aliphatic rings. The minimum atomic E-state index is -3.66. The lowest BCUT2D eigenvalue weighted by atomic mass is 10.1. The number of rotatable bonds is 7. The van der Waals surface area contributed by atoms with Crippen LogP contribution >= 0.6 is 12.4 Å². The van der Waals surface area contributed by atoms with E-state index < -0.39 is 10.0 Å². The summed E-state index contributed by atoms with van der Waals surface area (Å²) < 4.78 is 32.5. The highest BCUT2D eigenvalue weighted by Gasteiger charge is 2.22. The number of fused-ring (bicyclic) bond motifs is 1. The lowest BCUT2D eigenvalue weighted by Crippen LogP contribution is -2.39. The average Bonchev–Trinajstić information content (AvgIpc) is 2.88. The second-order valence-electron chi connectivity index (χ2n) is 4.80. The lowest BCUT2D eigenvalue weighted by Gasteiger charge is -2.15. The van der Waals surface area contributed by atoms with Crippen LogP contribution in [-0.4, -0.2) is 21.0 Å². The Labute approximate surface area is 131 Å². The summed E-state index contributed by atoms with van der Waals surface area (Å²) in [6.45, 7) is 2.33. The molecule has 3 N–H and O–H groups in total. The Morgan fingerprint density at radius 2 is 2.05 bits per heavy atom. The van der Waals surface area contributed by atoms with E-state index in [9.17, 15) is 8.42 Å². The molecule has 1 unspecified atom stereocenters. The van der Waals surface area contributed by atoms with Gasteiger partial charge in [-0.05, 0) is 12.5 Å². The van der Waals surface area contributed by atoms with Gasteiger partial charge in [-0.1, -0.05) is 38.0 Å². The number of halogens is 1. The fourth-order valence-electron chi connectivity index (χ4n) is 2.04. The quantitative estimate of drug-likeness (QED) is 0.816. The molecule has 0 bridgehead atoms. The van der Waals surface area contributed by atoms with Crippen LogP contribution in [0.15, 0.2) is 39.8 Å². The van der Waals surface area contributed by atoms with Crippen LogP contribution < -0.4 is 10.5 Å². The number of unbranched alkanes of at least 4 members (excludes halogenated alkanes) is 1. The van der Waals surface area contributed by atoms with Crippen molar-refractivity contribution in [3.63, 3.8) is 0 Å². The van der Waals surface area contributed by atoms with Gasteiger partial charge >= 0.3 is 0 Å². The van der Waals surface area contributed by atoms with Gasteiger partial charge in [-0.15, -0.1) is 12.4 Å². The number of para-hydroxylation sites is 1. The Morgan fingerprint density at radius 3 is 2.67 bits per heavy atom. The van der Waals surface area contributed by atoms with Crippen LogP contribution in [0, 0.1) is 0 Å². The monoisotopic (exact) mass is 332 g/mol. The summed E-state index contributed by atoms with van der Waals surface area (Å²) in [6, 6.07) is 8.48. The molecule has 0 radical (unpaired) electrons. The summed E-state index contributed by atoms with van der Waals surface area (Å²) in [5.74, 6) is 0. The molecule has 0 amide bonds. The van der Waals surface area contributed by atoms with Crippen LogP contribution in [0.5, 0.6) is 0 Å². The minimum Gasteiger partial charge on any atom is -0.443 e. The molecule has 0 fully saturated rings. The molecule has 2 rings (SSSR count). The van der Waals surface area contributed by atoms with Gasteiger partial charge in [-0.25, -0.2) is 13.1 Å². The number of nitrogens with one attached hydrogen (secondary N) is 1. The first-order chi connectivity index (χ1) is 9.56. The molecular weight excluding hydrogens is 312 g/mol. The van der Waals surface area contributed by atoms with E-state index in [-0.39, 0.29) is 30.1 Å². The third-order valence-corrected chi connectivity index (χ3v) is 4.55. The molecule has 1 heterocycles. The predicted molar refractivity (Wildman–Crippen MR) is 86.2 cm³/mol. The van der Waals surface area contributed by atoms with Crippen LogP contribution in [0.4, 0.5) is 0 Å². The number of hydrogen-bond donors (Lipinski definition) is 2. The first-order valence-electron chi connectivity index (χ1n) is 6.78. The van der Waals surface area contributed by atoms with Crippen LogP contribution in [0.2, 0.25) is 0 Å². The highest BCUT2D eigenvalue weighted by atomic mass is 35.5. The Bertz CT molecular complexity index is 637. The SMILES string of the molecule is CCCCC(CN)NS(=O)(=O)c1cc2ccccc2o1.Cl. The van der Waals surface area contributed by atoms with Crippen molar-refractivity contribution in [2.45, 2.75) is 37.3 Å². The molecule has 0 saturated carbocycles. The van der Waals surface area contributed by atoms with Crippen molar-refractivity contribution in [1.29, 1.82) is 0 Å². The first kappa shape index (κ1) is 18.0. The fraction of sp³-hybridized carbons (Fsp3) is 0.429. The molecule has 0 saturated heterocycles. The number of benzene rings is 1. The van der Waals surface area contributed by atoms with Crippen LogP contribution in [0.25, 0.3) is 11.0 Å². The maximum atomic E-state index is 12.3. The van der Waals surface area contributed by atoms with E-state index in [1.807, 2.05) is 12.1 Å². The van der Waals surface area contributed by atoms with Crippen molar-refractivity contribution < 1.29 is 12.8 Å². The molecule has 5 nitrogen and oxygen atoms in total. The highest BCUT2D eigenvalue weighted by molar-refractivity contribution is 7.89. The van der Waals surface area contributed by atoms with E-state index in [4.69, 9.17) is 10.2 Å². The van der Waals surface area contributed by atoms with Gasteiger partial charge < -0.3 is 10.2 Å². The molecular formula is C14H21ClN2O3S. The molecule has 1 aromatic heterocycles.